The number of aliphatic hydroxyl groups excluding tert-OH is 1. The summed E-state index contributed by atoms with van der Waals surface area (Å²) in [7, 11) is 1.33. The Bertz CT molecular complexity index is 1510. The number of carbonyl (C=O) groups excluding carboxylic acids is 4. The van der Waals surface area contributed by atoms with Gasteiger partial charge < -0.3 is 30.0 Å². The molecule has 0 bridgehead atoms. The number of rotatable bonds is 12. The molecule has 10 heteroatoms. The monoisotopic (exact) mass is 630 g/mol. The molecule has 0 fully saturated rings. The number of methoxy groups -OCH3 is 1. The number of nitrogens with one attached hydrogen (secondary N) is 2. The fraction of sp³-hybridized carbons (Fsp3) is 0.389. The maximum absolute atomic E-state index is 13.4. The first-order valence-corrected chi connectivity index (χ1v) is 15.4. The molecular weight excluding hydrogens is 588 g/mol. The minimum absolute atomic E-state index is 0.109. The van der Waals surface area contributed by atoms with E-state index in [1.807, 2.05) is 24.3 Å². The summed E-state index contributed by atoms with van der Waals surface area (Å²) in [4.78, 5) is 50.6. The second-order valence-electron chi connectivity index (χ2n) is 12.4. The lowest BCUT2D eigenvalue weighted by Gasteiger charge is -2.27. The molecule has 3 unspecified atom stereocenters. The van der Waals surface area contributed by atoms with Crippen LogP contribution < -0.4 is 15.4 Å². The van der Waals surface area contributed by atoms with E-state index in [9.17, 15) is 24.3 Å². The molecule has 0 aromatic heterocycles. The van der Waals surface area contributed by atoms with Crippen molar-refractivity contribution in [1.29, 1.82) is 0 Å². The van der Waals surface area contributed by atoms with Crippen LogP contribution in [0.2, 0.25) is 0 Å². The third kappa shape index (κ3) is 9.90. The van der Waals surface area contributed by atoms with E-state index in [-0.39, 0.29) is 19.1 Å². The lowest BCUT2D eigenvalue weighted by Crippen LogP contribution is -2.47. The Hall–Kier alpha value is -4.70. The Kier molecular flexibility index (Phi) is 11.5. The number of benzene rings is 3. The summed E-state index contributed by atoms with van der Waals surface area (Å²) < 4.78 is 15.9. The summed E-state index contributed by atoms with van der Waals surface area (Å²) in [5, 5.41) is 16.2. The number of ether oxygens (including phenoxy) is 3. The second kappa shape index (κ2) is 15.5. The van der Waals surface area contributed by atoms with E-state index in [1.54, 1.807) is 69.3 Å². The van der Waals surface area contributed by atoms with E-state index in [0.29, 0.717) is 11.3 Å². The lowest BCUT2D eigenvalue weighted by atomic mass is 9.87. The Balaban J connectivity index is 1.38. The van der Waals surface area contributed by atoms with Gasteiger partial charge in [-0.05, 0) is 93.0 Å². The highest BCUT2D eigenvalue weighted by Gasteiger charge is 2.30. The van der Waals surface area contributed by atoms with Gasteiger partial charge in [0, 0.05) is 6.42 Å². The number of Topliss-reactive ketones (excluding diaryl/α,β-unsaturated/α-hetero) is 1. The lowest BCUT2D eigenvalue weighted by molar-refractivity contribution is -0.135. The Morgan fingerprint density at radius 1 is 0.935 bits per heavy atom. The molecule has 10 nitrogen and oxygen atoms in total. The Morgan fingerprint density at radius 2 is 1.61 bits per heavy atom. The zero-order valence-corrected chi connectivity index (χ0v) is 26.7. The largest absolute Gasteiger partial charge is 0.489 e. The van der Waals surface area contributed by atoms with Crippen molar-refractivity contribution in [3.8, 4) is 5.75 Å². The van der Waals surface area contributed by atoms with Gasteiger partial charge in [-0.25, -0.2) is 9.59 Å². The number of aryl methyl sites for hydroxylation is 1. The average Bonchev–Trinajstić information content (AvgIpc) is 3.03. The predicted molar refractivity (Wildman–Crippen MR) is 171 cm³/mol. The van der Waals surface area contributed by atoms with E-state index >= 15 is 0 Å². The van der Waals surface area contributed by atoms with E-state index in [4.69, 9.17) is 14.2 Å². The highest BCUT2D eigenvalue weighted by molar-refractivity contribution is 5.93. The summed E-state index contributed by atoms with van der Waals surface area (Å²) >= 11 is 0. The summed E-state index contributed by atoms with van der Waals surface area (Å²) in [6.07, 6.45) is -0.140. The third-order valence-corrected chi connectivity index (χ3v) is 7.61. The number of ketones is 1. The molecule has 3 aromatic rings. The normalized spacial score (nSPS) is 15.5. The first-order valence-electron chi connectivity index (χ1n) is 15.4. The molecule has 0 heterocycles. The van der Waals surface area contributed by atoms with Gasteiger partial charge in [0.1, 0.15) is 24.1 Å². The minimum Gasteiger partial charge on any atom is -0.489 e. The molecule has 3 atom stereocenters. The Morgan fingerprint density at radius 3 is 2.28 bits per heavy atom. The van der Waals surface area contributed by atoms with Gasteiger partial charge >= 0.3 is 12.1 Å². The van der Waals surface area contributed by atoms with E-state index in [2.05, 4.69) is 10.6 Å². The molecule has 4 rings (SSSR count). The van der Waals surface area contributed by atoms with Crippen LogP contribution in [-0.2, 0) is 38.5 Å². The zero-order valence-electron chi connectivity index (χ0n) is 26.7. The second-order valence-corrected chi connectivity index (χ2v) is 12.4. The SMILES string of the molecule is COC(=O)c1ccc(COc2ccc(CC(NC(=O)OC(C)(C)C)C(=O)CC(O)C(=O)NC3CCCc4ccccc43)cc2)cc1. The van der Waals surface area contributed by atoms with Crippen LogP contribution in [0.4, 0.5) is 4.79 Å². The molecule has 3 aromatic carbocycles. The van der Waals surface area contributed by atoms with Crippen molar-refractivity contribution in [2.45, 2.75) is 83.3 Å². The van der Waals surface area contributed by atoms with Gasteiger partial charge in [-0.3, -0.25) is 9.59 Å². The molecule has 244 valence electrons. The molecule has 1 aliphatic rings. The van der Waals surface area contributed by atoms with Crippen LogP contribution in [-0.4, -0.2) is 53.7 Å². The molecule has 46 heavy (non-hydrogen) atoms. The summed E-state index contributed by atoms with van der Waals surface area (Å²) in [5.41, 5.74) is 3.43. The highest BCUT2D eigenvalue weighted by Crippen LogP contribution is 2.29. The fourth-order valence-corrected chi connectivity index (χ4v) is 5.27. The first kappa shape index (κ1) is 34.2. The smallest absolute Gasteiger partial charge is 0.408 e. The number of esters is 1. The number of aliphatic hydroxyl groups is 1. The molecule has 0 spiro atoms. The van der Waals surface area contributed by atoms with Crippen LogP contribution in [0.1, 0.15) is 78.7 Å². The molecule has 3 N–H and O–H groups in total. The number of hydrogen-bond acceptors (Lipinski definition) is 8. The van der Waals surface area contributed by atoms with Gasteiger partial charge in [-0.1, -0.05) is 48.5 Å². The van der Waals surface area contributed by atoms with Crippen LogP contribution in [0.5, 0.6) is 5.75 Å². The molecule has 0 aliphatic heterocycles. The molecule has 0 radical (unpaired) electrons. The summed E-state index contributed by atoms with van der Waals surface area (Å²) in [6, 6.07) is 20.5. The summed E-state index contributed by atoms with van der Waals surface area (Å²) in [6.45, 7) is 5.42. The van der Waals surface area contributed by atoms with Crippen LogP contribution in [0.25, 0.3) is 0 Å². The maximum atomic E-state index is 13.4. The van der Waals surface area contributed by atoms with Crippen molar-refractivity contribution < 1.29 is 38.5 Å². The molecule has 0 saturated carbocycles. The summed E-state index contributed by atoms with van der Waals surface area (Å²) in [5.74, 6) is -0.967. The van der Waals surface area contributed by atoms with E-state index in [1.165, 1.54) is 7.11 Å². The van der Waals surface area contributed by atoms with Crippen molar-refractivity contribution in [2.24, 2.45) is 0 Å². The molecule has 2 amide bonds. The molecule has 1 aliphatic carbocycles. The number of amides is 2. The third-order valence-electron chi connectivity index (χ3n) is 7.61. The van der Waals surface area contributed by atoms with Crippen LogP contribution >= 0.6 is 0 Å². The minimum atomic E-state index is -1.58. The average molecular weight is 631 g/mol. The number of carbonyl (C=O) groups is 4. The van der Waals surface area contributed by atoms with Crippen molar-refractivity contribution >= 4 is 23.8 Å². The van der Waals surface area contributed by atoms with Crippen molar-refractivity contribution in [3.63, 3.8) is 0 Å². The van der Waals surface area contributed by atoms with Gasteiger partial charge in [-0.2, -0.15) is 0 Å². The Labute approximate surface area is 269 Å². The fourth-order valence-electron chi connectivity index (χ4n) is 5.27. The van der Waals surface area contributed by atoms with Gasteiger partial charge in [-0.15, -0.1) is 0 Å². The quantitative estimate of drug-likeness (QED) is 0.238. The van der Waals surface area contributed by atoms with Gasteiger partial charge in [0.2, 0.25) is 5.91 Å². The van der Waals surface area contributed by atoms with Gasteiger partial charge in [0.15, 0.2) is 5.78 Å². The van der Waals surface area contributed by atoms with Crippen molar-refractivity contribution in [1.82, 2.24) is 10.6 Å². The maximum Gasteiger partial charge on any atom is 0.408 e. The topological polar surface area (TPSA) is 140 Å². The highest BCUT2D eigenvalue weighted by atomic mass is 16.6. The van der Waals surface area contributed by atoms with Crippen LogP contribution in [0, 0.1) is 0 Å². The molecule has 0 saturated heterocycles. The van der Waals surface area contributed by atoms with E-state index < -0.39 is 47.9 Å². The van der Waals surface area contributed by atoms with Gasteiger partial charge in [0.25, 0.3) is 0 Å². The van der Waals surface area contributed by atoms with Crippen LogP contribution in [0.3, 0.4) is 0 Å². The van der Waals surface area contributed by atoms with Gasteiger partial charge in [0.05, 0.1) is 24.8 Å². The van der Waals surface area contributed by atoms with E-state index in [0.717, 1.165) is 41.5 Å². The number of alkyl carbamates (subject to hydrolysis) is 1. The standard InChI is InChI=1S/C36H42N2O8/c1-36(2,3)46-35(43)38-30(31(39)21-32(40)33(41)37-29-11-7-9-25-8-5-6-10-28(25)29)20-23-14-18-27(19-15-23)45-22-24-12-16-26(17-13-24)34(42)44-4/h5-6,8,10,12-19,29-30,32,40H,7,9,11,20-22H2,1-4H3,(H,37,41)(H,38,43). The van der Waals surface area contributed by atoms with Crippen LogP contribution in [0.15, 0.2) is 72.8 Å². The van der Waals surface area contributed by atoms with Crippen molar-refractivity contribution in [3.05, 3.63) is 101 Å². The van der Waals surface area contributed by atoms with Crippen molar-refractivity contribution in [2.75, 3.05) is 7.11 Å². The first-order chi connectivity index (χ1) is 21.9. The predicted octanol–water partition coefficient (Wildman–Crippen LogP) is 5.00. The number of hydrogen-bond donors (Lipinski definition) is 3. The number of fused-ring (bicyclic) bond motifs is 1. The molecular formula is C36H42N2O8. The zero-order chi connectivity index (χ0) is 33.3.